The van der Waals surface area contributed by atoms with Gasteiger partial charge in [-0.2, -0.15) is 0 Å². The van der Waals surface area contributed by atoms with Gasteiger partial charge in [0.05, 0.1) is 11.2 Å². The van der Waals surface area contributed by atoms with Crippen LogP contribution >= 0.6 is 0 Å². The topological polar surface area (TPSA) is 18.5 Å². The molecule has 2 rings (SSSR count). The minimum atomic E-state index is -0.309. The number of allylic oxidation sites excluding steroid dienone is 3. The van der Waals surface area contributed by atoms with Crippen LogP contribution in [0.25, 0.3) is 6.08 Å². The van der Waals surface area contributed by atoms with Gasteiger partial charge in [0, 0.05) is 0 Å². The second kappa shape index (κ2) is 7.06. The summed E-state index contributed by atoms with van der Waals surface area (Å²) in [6.45, 7) is 12.8. The van der Waals surface area contributed by atoms with Gasteiger partial charge in [0.25, 0.3) is 0 Å². The van der Waals surface area contributed by atoms with Crippen molar-refractivity contribution in [3.8, 4) is 0 Å². The van der Waals surface area contributed by atoms with E-state index in [1.54, 1.807) is 0 Å². The van der Waals surface area contributed by atoms with Gasteiger partial charge in [0.2, 0.25) is 0 Å². The molecule has 0 atom stereocenters. The molecule has 0 radical (unpaired) electrons. The molecule has 3 heteroatoms. The van der Waals surface area contributed by atoms with Crippen LogP contribution in [0.3, 0.4) is 0 Å². The van der Waals surface area contributed by atoms with Gasteiger partial charge in [-0.25, -0.2) is 0 Å². The maximum Gasteiger partial charge on any atom is 0.494 e. The molecule has 0 spiro atoms. The Hall–Kier alpha value is -1.32. The first-order valence-corrected chi connectivity index (χ1v) is 8.61. The van der Waals surface area contributed by atoms with Crippen LogP contribution < -0.4 is 0 Å². The second-order valence-corrected chi connectivity index (χ2v) is 7.10. The van der Waals surface area contributed by atoms with E-state index >= 15 is 0 Å². The minimum absolute atomic E-state index is 0.296. The first kappa shape index (κ1) is 18.0. The summed E-state index contributed by atoms with van der Waals surface area (Å²) in [5, 5.41) is 0. The minimum Gasteiger partial charge on any atom is -0.399 e. The second-order valence-electron chi connectivity index (χ2n) is 7.10. The van der Waals surface area contributed by atoms with Gasteiger partial charge in [0.15, 0.2) is 0 Å². The van der Waals surface area contributed by atoms with Crippen molar-refractivity contribution in [1.29, 1.82) is 0 Å². The van der Waals surface area contributed by atoms with Crippen molar-refractivity contribution in [3.05, 3.63) is 53.0 Å². The first-order chi connectivity index (χ1) is 10.8. The summed E-state index contributed by atoms with van der Waals surface area (Å²) in [5.41, 5.74) is 3.12. The van der Waals surface area contributed by atoms with Gasteiger partial charge in [-0.05, 0) is 51.6 Å². The highest BCUT2D eigenvalue weighted by Gasteiger charge is 2.52. The van der Waals surface area contributed by atoms with Gasteiger partial charge < -0.3 is 9.31 Å². The Kier molecular flexibility index (Phi) is 5.54. The van der Waals surface area contributed by atoms with Crippen LogP contribution in [0.15, 0.2) is 47.5 Å². The molecule has 1 aliphatic rings. The van der Waals surface area contributed by atoms with Crippen LogP contribution in [0.4, 0.5) is 0 Å². The van der Waals surface area contributed by atoms with Crippen LogP contribution in [-0.2, 0) is 9.31 Å². The quantitative estimate of drug-likeness (QED) is 0.532. The van der Waals surface area contributed by atoms with Crippen molar-refractivity contribution in [3.63, 3.8) is 0 Å². The van der Waals surface area contributed by atoms with Crippen molar-refractivity contribution in [2.75, 3.05) is 0 Å². The van der Waals surface area contributed by atoms with Crippen molar-refractivity contribution >= 4 is 13.2 Å². The first-order valence-electron chi connectivity index (χ1n) is 8.61. The maximum atomic E-state index is 6.27. The standard InChI is InChI=1S/C20H29BO2/c1-7-17(8-2)18(15-14-16-12-10-9-11-13-16)21-22-19(3,4)20(5,6)23-21/h9-15H,7-8H2,1-6H3/b15-14+. The zero-order valence-corrected chi connectivity index (χ0v) is 15.3. The fraction of sp³-hybridized carbons (Fsp3) is 0.500. The lowest BCUT2D eigenvalue weighted by molar-refractivity contribution is 0.00578. The van der Waals surface area contributed by atoms with Crippen molar-refractivity contribution < 1.29 is 9.31 Å². The molecule has 0 aliphatic carbocycles. The Morgan fingerprint density at radius 3 is 1.96 bits per heavy atom. The normalized spacial score (nSPS) is 19.3. The van der Waals surface area contributed by atoms with Gasteiger partial charge in [-0.15, -0.1) is 0 Å². The summed E-state index contributed by atoms with van der Waals surface area (Å²) in [6.07, 6.45) is 6.33. The Bertz CT molecular complexity index is 563. The fourth-order valence-electron chi connectivity index (χ4n) is 2.74. The zero-order chi connectivity index (χ0) is 17.1. The van der Waals surface area contributed by atoms with Crippen LogP contribution in [0.1, 0.15) is 59.9 Å². The average molecular weight is 312 g/mol. The lowest BCUT2D eigenvalue weighted by atomic mass is 9.73. The van der Waals surface area contributed by atoms with Gasteiger partial charge in [-0.1, -0.05) is 61.9 Å². The molecule has 0 unspecified atom stereocenters. The summed E-state index contributed by atoms with van der Waals surface area (Å²) in [5.74, 6) is 0. The Morgan fingerprint density at radius 1 is 0.957 bits per heavy atom. The molecule has 0 saturated carbocycles. The van der Waals surface area contributed by atoms with E-state index in [1.807, 2.05) is 6.07 Å². The van der Waals surface area contributed by atoms with E-state index < -0.39 is 0 Å². The number of hydrogen-bond donors (Lipinski definition) is 0. The van der Waals surface area contributed by atoms with E-state index in [-0.39, 0.29) is 18.3 Å². The molecule has 1 aromatic rings. The number of benzene rings is 1. The highest BCUT2D eigenvalue weighted by Crippen LogP contribution is 2.39. The Balaban J connectivity index is 2.34. The van der Waals surface area contributed by atoms with Crippen LogP contribution in [-0.4, -0.2) is 18.3 Å². The third-order valence-electron chi connectivity index (χ3n) is 5.02. The summed E-state index contributed by atoms with van der Waals surface area (Å²) in [6, 6.07) is 10.4. The average Bonchev–Trinajstić information content (AvgIpc) is 2.72. The van der Waals surface area contributed by atoms with Crippen LogP contribution in [0.2, 0.25) is 0 Å². The lowest BCUT2D eigenvalue weighted by Crippen LogP contribution is -2.41. The van der Waals surface area contributed by atoms with E-state index in [0.29, 0.717) is 0 Å². The summed E-state index contributed by atoms with van der Waals surface area (Å²) in [7, 11) is -0.296. The van der Waals surface area contributed by atoms with E-state index in [1.165, 1.54) is 11.1 Å². The molecule has 2 nitrogen and oxygen atoms in total. The predicted molar refractivity (Wildman–Crippen MR) is 99.2 cm³/mol. The molecular weight excluding hydrogens is 283 g/mol. The Morgan fingerprint density at radius 2 is 1.48 bits per heavy atom. The zero-order valence-electron chi connectivity index (χ0n) is 15.3. The summed E-state index contributed by atoms with van der Waals surface area (Å²) in [4.78, 5) is 0. The van der Waals surface area contributed by atoms with Gasteiger partial charge in [0.1, 0.15) is 0 Å². The number of rotatable bonds is 5. The third-order valence-corrected chi connectivity index (χ3v) is 5.02. The Labute approximate surface area is 141 Å². The molecule has 0 bridgehead atoms. The van der Waals surface area contributed by atoms with Crippen LogP contribution in [0.5, 0.6) is 0 Å². The molecule has 1 aromatic carbocycles. The van der Waals surface area contributed by atoms with Crippen molar-refractivity contribution in [2.45, 2.75) is 65.6 Å². The monoisotopic (exact) mass is 312 g/mol. The van der Waals surface area contributed by atoms with E-state index in [2.05, 4.69) is 78.0 Å². The third kappa shape index (κ3) is 3.96. The fourth-order valence-corrected chi connectivity index (χ4v) is 2.74. The van der Waals surface area contributed by atoms with Gasteiger partial charge in [-0.3, -0.25) is 0 Å². The smallest absolute Gasteiger partial charge is 0.399 e. The predicted octanol–water partition coefficient (Wildman–Crippen LogP) is 5.45. The van der Waals surface area contributed by atoms with E-state index in [4.69, 9.17) is 9.31 Å². The largest absolute Gasteiger partial charge is 0.494 e. The van der Waals surface area contributed by atoms with Crippen molar-refractivity contribution in [2.24, 2.45) is 0 Å². The highest BCUT2D eigenvalue weighted by molar-refractivity contribution is 6.56. The molecule has 124 valence electrons. The van der Waals surface area contributed by atoms with Crippen LogP contribution in [0, 0.1) is 0 Å². The SMILES string of the molecule is CCC(CC)=C(/C=C/c1ccccc1)B1OC(C)(C)C(C)(C)O1. The molecule has 0 amide bonds. The number of hydrogen-bond acceptors (Lipinski definition) is 2. The highest BCUT2D eigenvalue weighted by atomic mass is 16.7. The van der Waals surface area contributed by atoms with E-state index in [9.17, 15) is 0 Å². The van der Waals surface area contributed by atoms with E-state index in [0.717, 1.165) is 18.3 Å². The molecule has 0 aromatic heterocycles. The molecule has 23 heavy (non-hydrogen) atoms. The summed E-state index contributed by atoms with van der Waals surface area (Å²) >= 11 is 0. The van der Waals surface area contributed by atoms with Crippen molar-refractivity contribution in [1.82, 2.24) is 0 Å². The van der Waals surface area contributed by atoms with Gasteiger partial charge >= 0.3 is 7.12 Å². The molecule has 1 heterocycles. The maximum absolute atomic E-state index is 6.27. The lowest BCUT2D eigenvalue weighted by Gasteiger charge is -2.32. The molecule has 1 fully saturated rings. The molecule has 0 N–H and O–H groups in total. The molecular formula is C20H29BO2. The summed E-state index contributed by atoms with van der Waals surface area (Å²) < 4.78 is 12.5. The molecule has 1 saturated heterocycles. The molecule has 1 aliphatic heterocycles.